The van der Waals surface area contributed by atoms with Crippen LogP contribution in [0.5, 0.6) is 0 Å². The van der Waals surface area contributed by atoms with E-state index < -0.39 is 6.10 Å². The molecule has 0 saturated heterocycles. The molecule has 5 nitrogen and oxygen atoms in total. The summed E-state index contributed by atoms with van der Waals surface area (Å²) in [5.74, 6) is 0. The van der Waals surface area contributed by atoms with Crippen molar-refractivity contribution in [1.82, 2.24) is 20.0 Å². The minimum absolute atomic E-state index is 0.405. The third-order valence-corrected chi connectivity index (χ3v) is 3.13. The maximum Gasteiger partial charge on any atom is 0.0861 e. The Morgan fingerprint density at radius 2 is 2.24 bits per heavy atom. The summed E-state index contributed by atoms with van der Waals surface area (Å²) in [7, 11) is 1.81. The summed E-state index contributed by atoms with van der Waals surface area (Å²) in [6, 6.07) is 1.73. The number of halogens is 1. The van der Waals surface area contributed by atoms with Gasteiger partial charge in [-0.25, -0.2) is 0 Å². The van der Waals surface area contributed by atoms with Crippen LogP contribution in [0, 0.1) is 6.92 Å². The Hall–Kier alpha value is -1.46. The molecular formula is C11H13ClN4O. The van der Waals surface area contributed by atoms with Crippen molar-refractivity contribution in [2.24, 2.45) is 7.05 Å². The van der Waals surface area contributed by atoms with E-state index in [1.54, 1.807) is 23.1 Å². The number of aliphatic hydroxyl groups excluding tert-OH is 1. The molecule has 0 spiro atoms. The standard InChI is InChI=1S/C11H13ClN4O/c1-7-11(12)9(16(2)15-7)5-10(17)8-3-4-13-14-6-8/h3-4,6,10,17H,5H2,1-2H3. The van der Waals surface area contributed by atoms with E-state index in [2.05, 4.69) is 15.3 Å². The van der Waals surface area contributed by atoms with Crippen LogP contribution in [-0.2, 0) is 13.5 Å². The highest BCUT2D eigenvalue weighted by Crippen LogP contribution is 2.24. The highest BCUT2D eigenvalue weighted by Gasteiger charge is 2.16. The molecule has 17 heavy (non-hydrogen) atoms. The fourth-order valence-corrected chi connectivity index (χ4v) is 1.94. The molecule has 0 saturated carbocycles. The van der Waals surface area contributed by atoms with Crippen LogP contribution in [0.2, 0.25) is 5.02 Å². The van der Waals surface area contributed by atoms with E-state index in [-0.39, 0.29) is 0 Å². The number of aliphatic hydroxyl groups is 1. The molecule has 2 aromatic rings. The van der Waals surface area contributed by atoms with E-state index in [4.69, 9.17) is 11.6 Å². The number of hydrogen-bond acceptors (Lipinski definition) is 4. The molecule has 2 aromatic heterocycles. The number of aromatic nitrogens is 4. The first-order valence-corrected chi connectivity index (χ1v) is 5.60. The smallest absolute Gasteiger partial charge is 0.0861 e. The topological polar surface area (TPSA) is 63.8 Å². The van der Waals surface area contributed by atoms with Crippen LogP contribution >= 0.6 is 11.6 Å². The van der Waals surface area contributed by atoms with Crippen molar-refractivity contribution in [3.8, 4) is 0 Å². The molecule has 0 bridgehead atoms. The summed E-state index contributed by atoms with van der Waals surface area (Å²) in [4.78, 5) is 0. The van der Waals surface area contributed by atoms with Crippen LogP contribution < -0.4 is 0 Å². The van der Waals surface area contributed by atoms with Gasteiger partial charge in [0, 0.05) is 25.2 Å². The van der Waals surface area contributed by atoms with Gasteiger partial charge in [-0.3, -0.25) is 4.68 Å². The van der Waals surface area contributed by atoms with Crippen molar-refractivity contribution in [2.75, 3.05) is 0 Å². The van der Waals surface area contributed by atoms with Crippen LogP contribution in [0.15, 0.2) is 18.5 Å². The normalized spacial score (nSPS) is 12.7. The third-order valence-electron chi connectivity index (χ3n) is 2.64. The summed E-state index contributed by atoms with van der Waals surface area (Å²) in [5.41, 5.74) is 2.30. The van der Waals surface area contributed by atoms with Gasteiger partial charge in [0.05, 0.1) is 28.7 Å². The number of hydrogen-bond donors (Lipinski definition) is 1. The van der Waals surface area contributed by atoms with Crippen molar-refractivity contribution in [1.29, 1.82) is 0 Å². The molecule has 0 radical (unpaired) electrons. The van der Waals surface area contributed by atoms with Gasteiger partial charge >= 0.3 is 0 Å². The van der Waals surface area contributed by atoms with Gasteiger partial charge in [0.25, 0.3) is 0 Å². The Morgan fingerprint density at radius 1 is 1.47 bits per heavy atom. The average molecular weight is 253 g/mol. The van der Waals surface area contributed by atoms with Crippen molar-refractivity contribution in [3.05, 3.63) is 40.4 Å². The summed E-state index contributed by atoms with van der Waals surface area (Å²) in [5, 5.41) is 22.3. The summed E-state index contributed by atoms with van der Waals surface area (Å²) in [6.07, 6.45) is 2.84. The number of rotatable bonds is 3. The lowest BCUT2D eigenvalue weighted by atomic mass is 10.1. The fraction of sp³-hybridized carbons (Fsp3) is 0.364. The molecule has 0 fully saturated rings. The molecule has 1 N–H and O–H groups in total. The van der Waals surface area contributed by atoms with Gasteiger partial charge in [-0.1, -0.05) is 11.6 Å². The minimum atomic E-state index is -0.655. The van der Waals surface area contributed by atoms with Crippen LogP contribution in [0.3, 0.4) is 0 Å². The Kier molecular flexibility index (Phi) is 3.40. The van der Waals surface area contributed by atoms with E-state index in [0.29, 0.717) is 11.4 Å². The average Bonchev–Trinajstić information content (AvgIpc) is 2.57. The van der Waals surface area contributed by atoms with E-state index in [9.17, 15) is 5.11 Å². The van der Waals surface area contributed by atoms with Crippen LogP contribution in [0.25, 0.3) is 0 Å². The predicted octanol–water partition coefficient (Wildman–Crippen LogP) is 1.45. The van der Waals surface area contributed by atoms with E-state index in [0.717, 1.165) is 17.0 Å². The molecular weight excluding hydrogens is 240 g/mol. The fourth-order valence-electron chi connectivity index (χ4n) is 1.70. The highest BCUT2D eigenvalue weighted by molar-refractivity contribution is 6.31. The van der Waals surface area contributed by atoms with E-state index >= 15 is 0 Å². The van der Waals surface area contributed by atoms with Gasteiger partial charge in [0.2, 0.25) is 0 Å². The van der Waals surface area contributed by atoms with Crippen LogP contribution in [0.4, 0.5) is 0 Å². The SMILES string of the molecule is Cc1nn(C)c(CC(O)c2ccnnc2)c1Cl. The summed E-state index contributed by atoms with van der Waals surface area (Å²) < 4.78 is 1.69. The molecule has 2 heterocycles. The van der Waals surface area contributed by atoms with Gasteiger partial charge in [-0.2, -0.15) is 15.3 Å². The highest BCUT2D eigenvalue weighted by atomic mass is 35.5. The van der Waals surface area contributed by atoms with Gasteiger partial charge < -0.3 is 5.11 Å². The molecule has 1 atom stereocenters. The predicted molar refractivity (Wildman–Crippen MR) is 63.7 cm³/mol. The van der Waals surface area contributed by atoms with Crippen LogP contribution in [-0.4, -0.2) is 25.1 Å². The first-order valence-electron chi connectivity index (χ1n) is 5.22. The molecule has 1 unspecified atom stereocenters. The quantitative estimate of drug-likeness (QED) is 0.898. The Balaban J connectivity index is 2.22. The van der Waals surface area contributed by atoms with Gasteiger partial charge in [-0.05, 0) is 13.0 Å². The van der Waals surface area contributed by atoms with Gasteiger partial charge in [-0.15, -0.1) is 0 Å². The minimum Gasteiger partial charge on any atom is -0.388 e. The second kappa shape index (κ2) is 4.81. The molecule has 0 aliphatic carbocycles. The molecule has 0 aromatic carbocycles. The number of nitrogens with zero attached hydrogens (tertiary/aromatic N) is 4. The first-order chi connectivity index (χ1) is 8.09. The monoisotopic (exact) mass is 252 g/mol. The zero-order valence-electron chi connectivity index (χ0n) is 9.63. The Labute approximate surface area is 104 Å². The van der Waals surface area contributed by atoms with E-state index in [1.807, 2.05) is 14.0 Å². The zero-order chi connectivity index (χ0) is 12.4. The van der Waals surface area contributed by atoms with Crippen molar-refractivity contribution in [3.63, 3.8) is 0 Å². The Bertz CT molecular complexity index is 512. The van der Waals surface area contributed by atoms with Gasteiger partial charge in [0.15, 0.2) is 0 Å². The van der Waals surface area contributed by atoms with Gasteiger partial charge in [0.1, 0.15) is 0 Å². The molecule has 6 heteroatoms. The molecule has 0 amide bonds. The molecule has 2 rings (SSSR count). The Morgan fingerprint density at radius 3 is 2.76 bits per heavy atom. The maximum absolute atomic E-state index is 10.1. The largest absolute Gasteiger partial charge is 0.388 e. The second-order valence-corrected chi connectivity index (χ2v) is 4.24. The maximum atomic E-state index is 10.1. The second-order valence-electron chi connectivity index (χ2n) is 3.87. The lowest BCUT2D eigenvalue weighted by Gasteiger charge is -2.10. The summed E-state index contributed by atoms with van der Waals surface area (Å²) in [6.45, 7) is 1.84. The van der Waals surface area contributed by atoms with Crippen molar-refractivity contribution in [2.45, 2.75) is 19.4 Å². The summed E-state index contributed by atoms with van der Waals surface area (Å²) >= 11 is 6.12. The number of aryl methyl sites for hydroxylation is 2. The van der Waals surface area contributed by atoms with Crippen molar-refractivity contribution >= 4 is 11.6 Å². The van der Waals surface area contributed by atoms with Crippen molar-refractivity contribution < 1.29 is 5.11 Å². The molecule has 0 aliphatic rings. The molecule has 90 valence electrons. The van der Waals surface area contributed by atoms with Crippen LogP contribution in [0.1, 0.15) is 23.1 Å². The molecule has 0 aliphatic heterocycles. The lowest BCUT2D eigenvalue weighted by molar-refractivity contribution is 0.175. The van der Waals surface area contributed by atoms with E-state index in [1.165, 1.54) is 0 Å². The third kappa shape index (κ3) is 2.45. The zero-order valence-corrected chi connectivity index (χ0v) is 10.4. The first kappa shape index (κ1) is 12.0. The lowest BCUT2D eigenvalue weighted by Crippen LogP contribution is -2.07.